The first kappa shape index (κ1) is 7.35. The van der Waals surface area contributed by atoms with Crippen molar-refractivity contribution in [2.24, 2.45) is 0 Å². The number of aliphatic carboxylic acids is 1. The lowest BCUT2D eigenvalue weighted by Gasteiger charge is -1.94. The molecule has 0 spiro atoms. The molecule has 0 amide bonds. The molecular weight excluding hydrogens is 114 g/mol. The van der Waals surface area contributed by atoms with Crippen molar-refractivity contribution >= 4 is 5.97 Å². The summed E-state index contributed by atoms with van der Waals surface area (Å²) in [6.07, 6.45) is 0. The van der Waals surface area contributed by atoms with Crippen LogP contribution >= 0.6 is 0 Å². The number of carbonyl (C=O) groups is 1. The molecule has 5 nitrogen and oxygen atoms in total. The van der Waals surface area contributed by atoms with Crippen molar-refractivity contribution in [2.45, 2.75) is 0 Å². The van der Waals surface area contributed by atoms with Gasteiger partial charge in [-0.05, 0) is 0 Å². The van der Waals surface area contributed by atoms with Gasteiger partial charge in [-0.3, -0.25) is 4.79 Å². The van der Waals surface area contributed by atoms with E-state index in [1.165, 1.54) is 7.11 Å². The Bertz CT molecular complexity index is 73.7. The summed E-state index contributed by atoms with van der Waals surface area (Å²) in [5, 5.41) is 7.94. The molecule has 0 aliphatic rings. The predicted octanol–water partition coefficient (Wildman–Crippen LogP) is -0.846. The molecule has 0 bridgehead atoms. The third kappa shape index (κ3) is 5.35. The smallest absolute Gasteiger partial charge is 0.319 e. The van der Waals surface area contributed by atoms with E-state index in [-0.39, 0.29) is 6.54 Å². The van der Waals surface area contributed by atoms with Gasteiger partial charge < -0.3 is 5.11 Å². The van der Waals surface area contributed by atoms with E-state index in [9.17, 15) is 4.79 Å². The van der Waals surface area contributed by atoms with Crippen LogP contribution in [0.1, 0.15) is 0 Å². The zero-order valence-corrected chi connectivity index (χ0v) is 4.38. The van der Waals surface area contributed by atoms with Gasteiger partial charge in [0.2, 0.25) is 0 Å². The fourth-order valence-electron chi connectivity index (χ4n) is 0.150. The molecule has 0 fully saturated rings. The number of hydroxylamine groups is 1. The van der Waals surface area contributed by atoms with E-state index in [4.69, 9.17) is 5.11 Å². The Labute approximate surface area is 46.1 Å². The number of rotatable bonds is 4. The molecule has 0 saturated heterocycles. The largest absolute Gasteiger partial charge is 0.480 e. The fourth-order valence-corrected chi connectivity index (χ4v) is 0.150. The van der Waals surface area contributed by atoms with E-state index in [0.29, 0.717) is 0 Å². The molecule has 8 heavy (non-hydrogen) atoms. The van der Waals surface area contributed by atoms with Crippen LogP contribution in [0.4, 0.5) is 0 Å². The molecule has 0 aromatic heterocycles. The highest BCUT2D eigenvalue weighted by Gasteiger charge is 1.92. The first-order valence-electron chi connectivity index (χ1n) is 1.91. The van der Waals surface area contributed by atoms with Crippen molar-refractivity contribution in [3.05, 3.63) is 0 Å². The fraction of sp³-hybridized carbons (Fsp3) is 0.667. The van der Waals surface area contributed by atoms with Gasteiger partial charge in [0.1, 0.15) is 6.54 Å². The van der Waals surface area contributed by atoms with Crippen LogP contribution in [0.3, 0.4) is 0 Å². The molecule has 2 N–H and O–H groups in total. The molecule has 5 heteroatoms. The zero-order valence-electron chi connectivity index (χ0n) is 4.38. The number of hydrogen-bond acceptors (Lipinski definition) is 4. The summed E-state index contributed by atoms with van der Waals surface area (Å²) in [4.78, 5) is 17.7. The second-order valence-corrected chi connectivity index (χ2v) is 0.965. The monoisotopic (exact) mass is 121 g/mol. The van der Waals surface area contributed by atoms with Crippen LogP contribution in [-0.2, 0) is 14.7 Å². The van der Waals surface area contributed by atoms with Gasteiger partial charge in [-0.1, -0.05) is 0 Å². The summed E-state index contributed by atoms with van der Waals surface area (Å²) in [7, 11) is 1.27. The first-order valence-corrected chi connectivity index (χ1v) is 1.91. The lowest BCUT2D eigenvalue weighted by molar-refractivity contribution is -0.316. The summed E-state index contributed by atoms with van der Waals surface area (Å²) in [5.74, 6) is -0.998. The van der Waals surface area contributed by atoms with Crippen molar-refractivity contribution in [3.8, 4) is 0 Å². The molecule has 0 aromatic rings. The Morgan fingerprint density at radius 3 is 2.88 bits per heavy atom. The van der Waals surface area contributed by atoms with E-state index in [1.54, 1.807) is 0 Å². The topological polar surface area (TPSA) is 67.8 Å². The van der Waals surface area contributed by atoms with Crippen molar-refractivity contribution in [3.63, 3.8) is 0 Å². The molecule has 48 valence electrons. The van der Waals surface area contributed by atoms with Crippen LogP contribution in [-0.4, -0.2) is 24.7 Å². The van der Waals surface area contributed by atoms with Crippen LogP contribution in [0.2, 0.25) is 0 Å². The lowest BCUT2D eigenvalue weighted by atomic mass is 10.7. The minimum Gasteiger partial charge on any atom is -0.480 e. The second-order valence-electron chi connectivity index (χ2n) is 0.965. The van der Waals surface area contributed by atoms with Crippen LogP contribution in [0, 0.1) is 0 Å². The van der Waals surface area contributed by atoms with Gasteiger partial charge in [-0.25, -0.2) is 4.89 Å². The average Bonchev–Trinajstić information content (AvgIpc) is 1.66. The van der Waals surface area contributed by atoms with Crippen LogP contribution < -0.4 is 5.48 Å². The molecule has 0 radical (unpaired) electrons. The number of carboxylic acid groups (broad SMARTS) is 1. The summed E-state index contributed by atoms with van der Waals surface area (Å²) in [6.45, 7) is -0.270. The SMILES string of the molecule is COONCC(=O)O. The van der Waals surface area contributed by atoms with Crippen molar-refractivity contribution in [1.29, 1.82) is 0 Å². The normalized spacial score (nSPS) is 9.12. The van der Waals surface area contributed by atoms with Gasteiger partial charge in [0, 0.05) is 0 Å². The van der Waals surface area contributed by atoms with Crippen molar-refractivity contribution in [1.82, 2.24) is 5.48 Å². The van der Waals surface area contributed by atoms with Gasteiger partial charge in [0.25, 0.3) is 0 Å². The third-order valence-corrected chi connectivity index (χ3v) is 0.366. The maximum absolute atomic E-state index is 9.68. The second kappa shape index (κ2) is 4.51. The van der Waals surface area contributed by atoms with Gasteiger partial charge in [0.15, 0.2) is 0 Å². The molecule has 0 rings (SSSR count). The minimum absolute atomic E-state index is 0.270. The van der Waals surface area contributed by atoms with E-state index in [1.807, 2.05) is 5.48 Å². The lowest BCUT2D eigenvalue weighted by Crippen LogP contribution is -2.22. The summed E-state index contributed by atoms with van der Waals surface area (Å²) >= 11 is 0. The molecule has 0 atom stereocenters. The van der Waals surface area contributed by atoms with Crippen LogP contribution in [0.15, 0.2) is 0 Å². The first-order chi connectivity index (χ1) is 3.77. The minimum atomic E-state index is -0.998. The van der Waals surface area contributed by atoms with Gasteiger partial charge in [-0.2, -0.15) is 5.48 Å². The molecule has 0 saturated carbocycles. The summed E-state index contributed by atoms with van der Waals surface area (Å²) in [6, 6.07) is 0. The molecule has 0 aliphatic heterocycles. The average molecular weight is 121 g/mol. The Morgan fingerprint density at radius 1 is 1.88 bits per heavy atom. The summed E-state index contributed by atoms with van der Waals surface area (Å²) in [5.41, 5.74) is 2.01. The van der Waals surface area contributed by atoms with E-state index < -0.39 is 5.97 Å². The highest BCUT2D eigenvalue weighted by molar-refractivity contribution is 5.68. The Morgan fingerprint density at radius 2 is 2.50 bits per heavy atom. The van der Waals surface area contributed by atoms with Gasteiger partial charge >= 0.3 is 5.97 Å². The third-order valence-electron chi connectivity index (χ3n) is 0.366. The van der Waals surface area contributed by atoms with E-state index in [2.05, 4.69) is 9.88 Å². The number of hydrogen-bond donors (Lipinski definition) is 2. The molecular formula is C3H7NO4. The molecule has 0 aromatic carbocycles. The number of carboxylic acids is 1. The predicted molar refractivity (Wildman–Crippen MR) is 23.7 cm³/mol. The Kier molecular flexibility index (Phi) is 4.14. The number of nitrogens with one attached hydrogen (secondary N) is 1. The van der Waals surface area contributed by atoms with Crippen LogP contribution in [0.5, 0.6) is 0 Å². The molecule has 0 aliphatic carbocycles. The van der Waals surface area contributed by atoms with Crippen molar-refractivity contribution in [2.75, 3.05) is 13.7 Å². The highest BCUT2D eigenvalue weighted by Crippen LogP contribution is 1.62. The zero-order chi connectivity index (χ0) is 6.41. The highest BCUT2D eigenvalue weighted by atomic mass is 17.3. The Balaban J connectivity index is 2.82. The van der Waals surface area contributed by atoms with Gasteiger partial charge in [-0.15, -0.1) is 4.99 Å². The molecule has 0 heterocycles. The maximum Gasteiger partial charge on any atom is 0.319 e. The quantitative estimate of drug-likeness (QED) is 0.288. The van der Waals surface area contributed by atoms with Crippen LogP contribution in [0.25, 0.3) is 0 Å². The Hall–Kier alpha value is -0.650. The standard InChI is InChI=1S/C3H7NO4/c1-7-8-4-2-3(5)6/h4H,2H2,1H3,(H,5,6). The van der Waals surface area contributed by atoms with E-state index >= 15 is 0 Å². The maximum atomic E-state index is 9.68. The van der Waals surface area contributed by atoms with E-state index in [0.717, 1.165) is 0 Å². The summed E-state index contributed by atoms with van der Waals surface area (Å²) < 4.78 is 0. The molecule has 0 unspecified atom stereocenters. The van der Waals surface area contributed by atoms with Crippen molar-refractivity contribution < 1.29 is 19.8 Å². The van der Waals surface area contributed by atoms with Gasteiger partial charge in [0.05, 0.1) is 7.11 Å².